The first-order valence-corrected chi connectivity index (χ1v) is 23.9. The minimum absolute atomic E-state index is 0.898. The van der Waals surface area contributed by atoms with Crippen LogP contribution >= 0.6 is 0 Å². The number of allylic oxidation sites excluding steroid dienone is 12. The zero-order valence-corrected chi connectivity index (χ0v) is 37.2. The van der Waals surface area contributed by atoms with Crippen molar-refractivity contribution in [2.75, 3.05) is 11.4 Å². The molecule has 0 unspecified atom stereocenters. The third-order valence-electron chi connectivity index (χ3n) is 11.1. The van der Waals surface area contributed by atoms with Crippen LogP contribution in [-0.4, -0.2) is 6.54 Å². The van der Waals surface area contributed by atoms with Crippen LogP contribution in [0.3, 0.4) is 0 Å². The first kappa shape index (κ1) is 47.4. The van der Waals surface area contributed by atoms with Crippen molar-refractivity contribution < 1.29 is 13.7 Å². The van der Waals surface area contributed by atoms with Crippen LogP contribution in [0, 0.1) is 0 Å². The van der Waals surface area contributed by atoms with Crippen LogP contribution in [0.15, 0.2) is 132 Å². The smallest absolute Gasteiger partial charge is 0.374 e. The summed E-state index contributed by atoms with van der Waals surface area (Å²) in [7, 11) is 0. The molecule has 0 atom stereocenters. The number of hydrogen-bond donors (Lipinski definition) is 0. The normalized spacial score (nSPS) is 14.1. The van der Waals surface area contributed by atoms with E-state index in [0.717, 1.165) is 73.1 Å². The highest BCUT2D eigenvalue weighted by molar-refractivity contribution is 5.69. The number of rotatable bonds is 33. The number of anilines is 1. The molecule has 0 spiro atoms. The van der Waals surface area contributed by atoms with E-state index in [1.165, 1.54) is 128 Å². The number of aryl methyl sites for hydroxylation is 1. The minimum atomic E-state index is 0.898. The molecule has 0 amide bonds. The van der Waals surface area contributed by atoms with Crippen molar-refractivity contribution in [2.24, 2.45) is 0 Å². The van der Waals surface area contributed by atoms with Crippen LogP contribution in [0.25, 0.3) is 17.2 Å². The molecule has 0 bridgehead atoms. The highest BCUT2D eigenvalue weighted by Gasteiger charge is 2.25. The molecule has 4 rings (SSSR count). The number of fused-ring (bicyclic) bond motifs is 2. The molecule has 3 aromatic rings. The summed E-state index contributed by atoms with van der Waals surface area (Å²) in [6.45, 7) is 6.46. The standard InChI is InChI=1S/C55H79N2O2/c1-3-5-7-9-11-13-15-17-19-21-23-25-27-29-31-40-48-56-50-42-36-38-44-52(50)58-54(56)46-34-33-35-47-55-57(51-43-37-39-45-53(51)59-55)49-41-32-30-28-26-24-22-20-18-16-14-12-10-8-6-4-2/h11-14,17-20,33-39,42-47H,3-10,15-16,21-32,40-41,48-49H2,1-2H3/q+1/b13-11-,14-12-,19-17-,20-18-. The molecule has 1 aliphatic rings. The lowest BCUT2D eigenvalue weighted by Gasteiger charge is -2.18. The number of hydrogen-bond acceptors (Lipinski definition) is 3. The number of ether oxygens (including phenoxy) is 1. The van der Waals surface area contributed by atoms with Crippen molar-refractivity contribution in [3.63, 3.8) is 0 Å². The molecule has 4 heteroatoms. The molecule has 1 aromatic heterocycles. The average molecular weight is 800 g/mol. The van der Waals surface area contributed by atoms with Crippen LogP contribution in [-0.2, 0) is 6.54 Å². The Labute approximate surface area is 360 Å². The molecule has 0 radical (unpaired) electrons. The van der Waals surface area contributed by atoms with Gasteiger partial charge in [0, 0.05) is 19.0 Å². The SMILES string of the molecule is CCCCC/C=C\C/C=C\CCCCCCCCN1\C(=C/C=C/C=C/c2oc3ccccc3[n+]2CCCCCCCC/C=C\C/C=C\CCCCC)Oc2ccccc21. The highest BCUT2D eigenvalue weighted by atomic mass is 16.5. The van der Waals surface area contributed by atoms with Gasteiger partial charge in [0.1, 0.15) is 0 Å². The maximum atomic E-state index is 6.32. The topological polar surface area (TPSA) is 29.5 Å². The monoisotopic (exact) mass is 800 g/mol. The van der Waals surface area contributed by atoms with Gasteiger partial charge in [0.15, 0.2) is 12.3 Å². The fourth-order valence-electron chi connectivity index (χ4n) is 7.67. The van der Waals surface area contributed by atoms with Crippen LogP contribution < -0.4 is 14.2 Å². The number of oxazole rings is 1. The van der Waals surface area contributed by atoms with E-state index in [1.54, 1.807) is 0 Å². The molecule has 1 aliphatic heterocycles. The quantitative estimate of drug-likeness (QED) is 0.0266. The van der Waals surface area contributed by atoms with Gasteiger partial charge in [-0.3, -0.25) is 0 Å². The Morgan fingerprint density at radius 1 is 0.525 bits per heavy atom. The molecule has 0 saturated heterocycles. The Hall–Kier alpha value is -4.31. The maximum absolute atomic E-state index is 6.32. The van der Waals surface area contributed by atoms with Crippen molar-refractivity contribution in [1.29, 1.82) is 0 Å². The first-order chi connectivity index (χ1) is 29.3. The molecule has 0 N–H and O–H groups in total. The van der Waals surface area contributed by atoms with E-state index in [1.807, 2.05) is 0 Å². The van der Waals surface area contributed by atoms with Gasteiger partial charge in [-0.2, -0.15) is 4.57 Å². The summed E-state index contributed by atoms with van der Waals surface area (Å²) in [6.07, 6.45) is 59.4. The van der Waals surface area contributed by atoms with Gasteiger partial charge in [-0.25, -0.2) is 0 Å². The Kier molecular flexibility index (Phi) is 25.4. The van der Waals surface area contributed by atoms with Crippen molar-refractivity contribution >= 4 is 22.9 Å². The van der Waals surface area contributed by atoms with E-state index in [2.05, 4.69) is 151 Å². The van der Waals surface area contributed by atoms with Crippen LogP contribution in [0.4, 0.5) is 5.69 Å². The molecule has 2 heterocycles. The lowest BCUT2D eigenvalue weighted by molar-refractivity contribution is -0.678. The van der Waals surface area contributed by atoms with E-state index in [-0.39, 0.29) is 0 Å². The summed E-state index contributed by atoms with van der Waals surface area (Å²) in [5, 5.41) is 0. The van der Waals surface area contributed by atoms with Crippen molar-refractivity contribution in [1.82, 2.24) is 0 Å². The second-order valence-electron chi connectivity index (χ2n) is 16.2. The van der Waals surface area contributed by atoms with Crippen LogP contribution in [0.2, 0.25) is 0 Å². The van der Waals surface area contributed by atoms with Gasteiger partial charge in [-0.05, 0) is 101 Å². The Bertz CT molecular complexity index is 1750. The van der Waals surface area contributed by atoms with E-state index in [9.17, 15) is 0 Å². The molecule has 0 saturated carbocycles. The fourth-order valence-corrected chi connectivity index (χ4v) is 7.67. The van der Waals surface area contributed by atoms with E-state index in [4.69, 9.17) is 9.15 Å². The lowest BCUT2D eigenvalue weighted by Crippen LogP contribution is -2.35. The van der Waals surface area contributed by atoms with Gasteiger partial charge >= 0.3 is 5.89 Å². The second-order valence-corrected chi connectivity index (χ2v) is 16.2. The van der Waals surface area contributed by atoms with Crippen molar-refractivity contribution in [3.8, 4) is 5.75 Å². The van der Waals surface area contributed by atoms with Gasteiger partial charge < -0.3 is 14.1 Å². The van der Waals surface area contributed by atoms with Gasteiger partial charge in [0.25, 0.3) is 5.52 Å². The number of nitrogens with zero attached hydrogens (tertiary/aromatic N) is 2. The highest BCUT2D eigenvalue weighted by Crippen LogP contribution is 2.38. The summed E-state index contributed by atoms with van der Waals surface area (Å²) in [6, 6.07) is 16.8. The Balaban J connectivity index is 1.15. The molecule has 4 nitrogen and oxygen atoms in total. The largest absolute Gasteiger partial charge is 0.439 e. The van der Waals surface area contributed by atoms with Gasteiger partial charge in [0.2, 0.25) is 11.5 Å². The third kappa shape index (κ3) is 19.5. The second kappa shape index (κ2) is 31.6. The van der Waals surface area contributed by atoms with Crippen LogP contribution in [0.1, 0.15) is 174 Å². The Morgan fingerprint density at radius 3 is 1.71 bits per heavy atom. The number of unbranched alkanes of at least 4 members (excludes halogenated alkanes) is 18. The predicted octanol–water partition coefficient (Wildman–Crippen LogP) is 16.7. The van der Waals surface area contributed by atoms with Gasteiger partial charge in [0.05, 0.1) is 11.8 Å². The number of aromatic nitrogens is 1. The minimum Gasteiger partial charge on any atom is -0.439 e. The summed E-state index contributed by atoms with van der Waals surface area (Å²) >= 11 is 0. The van der Waals surface area contributed by atoms with Crippen LogP contribution in [0.5, 0.6) is 5.75 Å². The summed E-state index contributed by atoms with van der Waals surface area (Å²) in [5.41, 5.74) is 3.27. The molecule has 0 aliphatic carbocycles. The zero-order valence-electron chi connectivity index (χ0n) is 37.2. The predicted molar refractivity (Wildman–Crippen MR) is 256 cm³/mol. The van der Waals surface area contributed by atoms with Crippen molar-refractivity contribution in [2.45, 2.75) is 174 Å². The molecule has 0 fully saturated rings. The first-order valence-electron chi connectivity index (χ1n) is 23.9. The molecular formula is C55H79N2O2+. The van der Waals surface area contributed by atoms with E-state index in [0.29, 0.717) is 0 Å². The number of benzene rings is 2. The van der Waals surface area contributed by atoms with E-state index < -0.39 is 0 Å². The molecule has 320 valence electrons. The van der Waals surface area contributed by atoms with Gasteiger partial charge in [-0.15, -0.1) is 0 Å². The summed E-state index contributed by atoms with van der Waals surface area (Å²) in [4.78, 5) is 2.34. The molecular weight excluding hydrogens is 721 g/mol. The average Bonchev–Trinajstić information content (AvgIpc) is 3.80. The summed E-state index contributed by atoms with van der Waals surface area (Å²) < 4.78 is 15.0. The van der Waals surface area contributed by atoms with Crippen molar-refractivity contribution in [3.05, 3.63) is 133 Å². The maximum Gasteiger partial charge on any atom is 0.374 e. The lowest BCUT2D eigenvalue weighted by atomic mass is 10.1. The zero-order chi connectivity index (χ0) is 41.3. The van der Waals surface area contributed by atoms with E-state index >= 15 is 0 Å². The Morgan fingerprint density at radius 2 is 1.07 bits per heavy atom. The fraction of sp³-hybridized carbons (Fsp3) is 0.509. The molecule has 59 heavy (non-hydrogen) atoms. The number of para-hydroxylation sites is 4. The van der Waals surface area contributed by atoms with Gasteiger partial charge in [-0.1, -0.05) is 176 Å². The summed E-state index contributed by atoms with van der Waals surface area (Å²) in [5.74, 6) is 2.74. The molecule has 2 aromatic carbocycles. The third-order valence-corrected chi connectivity index (χ3v) is 11.1.